The SMILES string of the molecule is C=CCOc1ccc(C(=O)NC2CCC(O)CC2)cc1. The highest BCUT2D eigenvalue weighted by atomic mass is 16.5. The average Bonchev–Trinajstić information content (AvgIpc) is 2.48. The van der Waals surface area contributed by atoms with Crippen LogP contribution in [0.3, 0.4) is 0 Å². The quantitative estimate of drug-likeness (QED) is 0.811. The molecule has 4 nitrogen and oxygen atoms in total. The van der Waals surface area contributed by atoms with Crippen LogP contribution in [0.5, 0.6) is 5.75 Å². The van der Waals surface area contributed by atoms with E-state index in [2.05, 4.69) is 11.9 Å². The van der Waals surface area contributed by atoms with Crippen LogP contribution >= 0.6 is 0 Å². The molecule has 0 unspecified atom stereocenters. The second-order valence-corrected chi connectivity index (χ2v) is 5.10. The van der Waals surface area contributed by atoms with Gasteiger partial charge in [-0.1, -0.05) is 12.7 Å². The molecule has 0 aromatic heterocycles. The van der Waals surface area contributed by atoms with E-state index in [1.807, 2.05) is 0 Å². The lowest BCUT2D eigenvalue weighted by molar-refractivity contribution is 0.0867. The first-order valence-corrected chi connectivity index (χ1v) is 7.01. The lowest BCUT2D eigenvalue weighted by Crippen LogP contribution is -2.38. The van der Waals surface area contributed by atoms with E-state index in [1.165, 1.54) is 0 Å². The number of rotatable bonds is 5. The Kier molecular flexibility index (Phi) is 5.18. The van der Waals surface area contributed by atoms with Gasteiger partial charge < -0.3 is 15.2 Å². The zero-order valence-corrected chi connectivity index (χ0v) is 11.5. The molecule has 0 spiro atoms. The Labute approximate surface area is 119 Å². The molecule has 2 rings (SSSR count). The number of carbonyl (C=O) groups excluding carboxylic acids is 1. The van der Waals surface area contributed by atoms with Crippen molar-refractivity contribution in [3.8, 4) is 5.75 Å². The van der Waals surface area contributed by atoms with E-state index >= 15 is 0 Å². The van der Waals surface area contributed by atoms with Crippen molar-refractivity contribution in [2.75, 3.05) is 6.61 Å². The zero-order chi connectivity index (χ0) is 14.4. The van der Waals surface area contributed by atoms with Crippen LogP contribution in [0.1, 0.15) is 36.0 Å². The summed E-state index contributed by atoms with van der Waals surface area (Å²) >= 11 is 0. The van der Waals surface area contributed by atoms with E-state index in [4.69, 9.17) is 4.74 Å². The van der Waals surface area contributed by atoms with Gasteiger partial charge in [-0.25, -0.2) is 0 Å². The van der Waals surface area contributed by atoms with E-state index in [9.17, 15) is 9.90 Å². The standard InChI is InChI=1S/C16H21NO3/c1-2-11-20-15-9-3-12(4-10-15)16(19)17-13-5-7-14(18)8-6-13/h2-4,9-10,13-14,18H,1,5-8,11H2,(H,17,19). The van der Waals surface area contributed by atoms with Gasteiger partial charge in [0.1, 0.15) is 12.4 Å². The number of benzene rings is 1. The molecule has 1 aromatic carbocycles. The minimum absolute atomic E-state index is 0.0679. The van der Waals surface area contributed by atoms with E-state index in [0.717, 1.165) is 31.4 Å². The smallest absolute Gasteiger partial charge is 0.251 e. The van der Waals surface area contributed by atoms with Crippen molar-refractivity contribution in [2.45, 2.75) is 37.8 Å². The number of nitrogens with one attached hydrogen (secondary N) is 1. The van der Waals surface area contributed by atoms with E-state index in [-0.39, 0.29) is 18.1 Å². The topological polar surface area (TPSA) is 58.6 Å². The fourth-order valence-electron chi connectivity index (χ4n) is 2.35. The summed E-state index contributed by atoms with van der Waals surface area (Å²) in [6, 6.07) is 7.24. The Morgan fingerprint density at radius 2 is 1.95 bits per heavy atom. The van der Waals surface area contributed by atoms with E-state index in [0.29, 0.717) is 12.2 Å². The lowest BCUT2D eigenvalue weighted by Gasteiger charge is -2.26. The molecule has 20 heavy (non-hydrogen) atoms. The predicted octanol–water partition coefficient (Wildman–Crippen LogP) is 2.28. The molecule has 1 amide bonds. The number of hydrogen-bond acceptors (Lipinski definition) is 3. The largest absolute Gasteiger partial charge is 0.490 e. The van der Waals surface area contributed by atoms with Crippen molar-refractivity contribution in [2.24, 2.45) is 0 Å². The first-order chi connectivity index (χ1) is 9.69. The number of carbonyl (C=O) groups is 1. The van der Waals surface area contributed by atoms with Crippen LogP contribution in [-0.4, -0.2) is 29.8 Å². The number of aliphatic hydroxyl groups excluding tert-OH is 1. The summed E-state index contributed by atoms with van der Waals surface area (Å²) < 4.78 is 5.37. The van der Waals surface area contributed by atoms with Crippen LogP contribution in [0.25, 0.3) is 0 Å². The fraction of sp³-hybridized carbons (Fsp3) is 0.438. The normalized spacial score (nSPS) is 22.1. The Balaban J connectivity index is 1.87. The molecular formula is C16H21NO3. The van der Waals surface area contributed by atoms with Crippen molar-refractivity contribution < 1.29 is 14.6 Å². The third-order valence-electron chi connectivity index (χ3n) is 3.52. The molecule has 2 N–H and O–H groups in total. The van der Waals surface area contributed by atoms with Crippen LogP contribution in [0.2, 0.25) is 0 Å². The molecule has 4 heteroatoms. The molecule has 0 aliphatic heterocycles. The summed E-state index contributed by atoms with van der Waals surface area (Å²) in [5.41, 5.74) is 0.627. The molecule has 1 saturated carbocycles. The van der Waals surface area contributed by atoms with Gasteiger partial charge in [-0.05, 0) is 49.9 Å². The Hall–Kier alpha value is -1.81. The molecule has 1 aromatic rings. The summed E-state index contributed by atoms with van der Waals surface area (Å²) in [5.74, 6) is 0.656. The lowest BCUT2D eigenvalue weighted by atomic mass is 9.93. The number of amides is 1. The van der Waals surface area contributed by atoms with Crippen molar-refractivity contribution in [1.29, 1.82) is 0 Å². The summed E-state index contributed by atoms with van der Waals surface area (Å²) in [6.07, 6.45) is 4.68. The molecule has 108 valence electrons. The van der Waals surface area contributed by atoms with Gasteiger partial charge in [-0.3, -0.25) is 4.79 Å². The van der Waals surface area contributed by atoms with Gasteiger partial charge in [0.25, 0.3) is 5.91 Å². The second-order valence-electron chi connectivity index (χ2n) is 5.10. The number of ether oxygens (including phenoxy) is 1. The van der Waals surface area contributed by atoms with Crippen molar-refractivity contribution in [1.82, 2.24) is 5.32 Å². The molecule has 0 heterocycles. The third kappa shape index (κ3) is 4.10. The Morgan fingerprint density at radius 1 is 1.30 bits per heavy atom. The van der Waals surface area contributed by atoms with Crippen LogP contribution < -0.4 is 10.1 Å². The van der Waals surface area contributed by atoms with Crippen LogP contribution in [0.4, 0.5) is 0 Å². The molecule has 1 fully saturated rings. The highest BCUT2D eigenvalue weighted by Gasteiger charge is 2.21. The van der Waals surface area contributed by atoms with Crippen LogP contribution in [0, 0.1) is 0 Å². The van der Waals surface area contributed by atoms with Crippen LogP contribution in [-0.2, 0) is 0 Å². The molecule has 0 radical (unpaired) electrons. The molecule has 1 aliphatic rings. The fourth-order valence-corrected chi connectivity index (χ4v) is 2.35. The highest BCUT2D eigenvalue weighted by Crippen LogP contribution is 2.19. The zero-order valence-electron chi connectivity index (χ0n) is 11.5. The maximum absolute atomic E-state index is 12.1. The molecule has 0 atom stereocenters. The minimum atomic E-state index is -0.204. The van der Waals surface area contributed by atoms with Crippen molar-refractivity contribution >= 4 is 5.91 Å². The maximum Gasteiger partial charge on any atom is 0.251 e. The molecule has 0 saturated heterocycles. The van der Waals surface area contributed by atoms with Gasteiger partial charge in [0.15, 0.2) is 0 Å². The predicted molar refractivity (Wildman–Crippen MR) is 77.9 cm³/mol. The number of hydrogen-bond donors (Lipinski definition) is 2. The third-order valence-corrected chi connectivity index (χ3v) is 3.52. The average molecular weight is 275 g/mol. The summed E-state index contributed by atoms with van der Waals surface area (Å²) in [6.45, 7) is 4.04. The summed E-state index contributed by atoms with van der Waals surface area (Å²) in [5, 5.41) is 12.5. The molecular weight excluding hydrogens is 254 g/mol. The first kappa shape index (κ1) is 14.6. The van der Waals surface area contributed by atoms with Gasteiger partial charge in [-0.2, -0.15) is 0 Å². The van der Waals surface area contributed by atoms with E-state index < -0.39 is 0 Å². The second kappa shape index (κ2) is 7.10. The van der Waals surface area contributed by atoms with Gasteiger partial charge in [0.05, 0.1) is 6.10 Å². The Morgan fingerprint density at radius 3 is 2.55 bits per heavy atom. The van der Waals surface area contributed by atoms with E-state index in [1.54, 1.807) is 30.3 Å². The number of aliphatic hydroxyl groups is 1. The maximum atomic E-state index is 12.1. The monoisotopic (exact) mass is 275 g/mol. The van der Waals surface area contributed by atoms with Gasteiger partial charge in [-0.15, -0.1) is 0 Å². The molecule has 1 aliphatic carbocycles. The minimum Gasteiger partial charge on any atom is -0.490 e. The van der Waals surface area contributed by atoms with Crippen LogP contribution in [0.15, 0.2) is 36.9 Å². The summed E-state index contributed by atoms with van der Waals surface area (Å²) in [7, 11) is 0. The van der Waals surface area contributed by atoms with Crippen molar-refractivity contribution in [3.05, 3.63) is 42.5 Å². The van der Waals surface area contributed by atoms with Gasteiger partial charge >= 0.3 is 0 Å². The summed E-state index contributed by atoms with van der Waals surface area (Å²) in [4.78, 5) is 12.1. The van der Waals surface area contributed by atoms with Gasteiger partial charge in [0, 0.05) is 11.6 Å². The highest BCUT2D eigenvalue weighted by molar-refractivity contribution is 5.94. The molecule has 0 bridgehead atoms. The Bertz CT molecular complexity index is 447. The van der Waals surface area contributed by atoms with Gasteiger partial charge in [0.2, 0.25) is 0 Å². The first-order valence-electron chi connectivity index (χ1n) is 7.01. The van der Waals surface area contributed by atoms with Crippen molar-refractivity contribution in [3.63, 3.8) is 0 Å².